The second-order valence-electron chi connectivity index (χ2n) is 5.44. The van der Waals surface area contributed by atoms with E-state index in [1.54, 1.807) is 20.8 Å². The maximum absolute atomic E-state index is 12.0. The van der Waals surface area contributed by atoms with Crippen LogP contribution in [0.1, 0.15) is 43.6 Å². The van der Waals surface area contributed by atoms with Gasteiger partial charge in [0.05, 0.1) is 0 Å². The van der Waals surface area contributed by atoms with Crippen LogP contribution >= 0.6 is 0 Å². The molecule has 0 saturated carbocycles. The second-order valence-corrected chi connectivity index (χ2v) is 5.44. The summed E-state index contributed by atoms with van der Waals surface area (Å²) in [7, 11) is 0. The van der Waals surface area contributed by atoms with Gasteiger partial charge in [-0.1, -0.05) is 6.92 Å². The Morgan fingerprint density at radius 3 is 2.40 bits per heavy atom. The van der Waals surface area contributed by atoms with Gasteiger partial charge in [0.2, 0.25) is 0 Å². The van der Waals surface area contributed by atoms with Crippen molar-refractivity contribution >= 4 is 11.9 Å². The molecule has 0 bridgehead atoms. The number of carboxylic acids is 1. The van der Waals surface area contributed by atoms with Crippen LogP contribution in [0.3, 0.4) is 0 Å². The summed E-state index contributed by atoms with van der Waals surface area (Å²) in [5.74, 6) is -1.88. The fourth-order valence-corrected chi connectivity index (χ4v) is 1.67. The number of esters is 1. The number of aryl methyl sites for hydroxylation is 1. The molecule has 6 nitrogen and oxygen atoms in total. The molecule has 6 heteroatoms. The van der Waals surface area contributed by atoms with Crippen molar-refractivity contribution in [3.05, 3.63) is 33.7 Å². The summed E-state index contributed by atoms with van der Waals surface area (Å²) in [6, 6.07) is 1.33. The van der Waals surface area contributed by atoms with Crippen LogP contribution in [0.4, 0.5) is 0 Å². The molecule has 0 radical (unpaired) electrons. The third-order valence-corrected chi connectivity index (χ3v) is 2.50. The molecule has 1 heterocycles. The fraction of sp³-hybridized carbons (Fsp3) is 0.500. The molecular weight excluding hydrogens is 262 g/mol. The molecule has 0 amide bonds. The standard InChI is InChI=1S/C14H19NO5/c1-5-9-6-10(13(18)19)12(17)15(7-9)8-11(16)20-14(2,3)4/h6-7H,5,8H2,1-4H3,(H,18,19). The number of carbonyl (C=O) groups excluding carboxylic acids is 1. The zero-order valence-electron chi connectivity index (χ0n) is 12.1. The number of pyridine rings is 1. The predicted octanol–water partition coefficient (Wildman–Crippen LogP) is 1.45. The molecular formula is C14H19NO5. The number of ether oxygens (including phenoxy) is 1. The van der Waals surface area contributed by atoms with E-state index < -0.39 is 23.1 Å². The van der Waals surface area contributed by atoms with Gasteiger partial charge >= 0.3 is 11.9 Å². The maximum atomic E-state index is 12.0. The van der Waals surface area contributed by atoms with E-state index >= 15 is 0 Å². The van der Waals surface area contributed by atoms with Crippen LogP contribution in [-0.2, 0) is 22.5 Å². The largest absolute Gasteiger partial charge is 0.477 e. The smallest absolute Gasteiger partial charge is 0.341 e. The maximum Gasteiger partial charge on any atom is 0.341 e. The summed E-state index contributed by atoms with van der Waals surface area (Å²) in [5.41, 5.74) is -1.03. The van der Waals surface area contributed by atoms with Crippen molar-refractivity contribution in [3.8, 4) is 0 Å². The molecule has 0 fully saturated rings. The van der Waals surface area contributed by atoms with Gasteiger partial charge in [0.15, 0.2) is 0 Å². The zero-order valence-corrected chi connectivity index (χ0v) is 12.1. The summed E-state index contributed by atoms with van der Waals surface area (Å²) >= 11 is 0. The van der Waals surface area contributed by atoms with E-state index in [1.165, 1.54) is 12.3 Å². The van der Waals surface area contributed by atoms with Crippen LogP contribution in [0.25, 0.3) is 0 Å². The van der Waals surface area contributed by atoms with Crippen LogP contribution in [0, 0.1) is 0 Å². The number of hydrogen-bond donors (Lipinski definition) is 1. The molecule has 0 atom stereocenters. The molecule has 0 aliphatic carbocycles. The Kier molecular flexibility index (Phi) is 4.70. The number of hydrogen-bond acceptors (Lipinski definition) is 4. The lowest BCUT2D eigenvalue weighted by Crippen LogP contribution is -2.32. The average Bonchev–Trinajstić information content (AvgIpc) is 2.28. The van der Waals surface area contributed by atoms with E-state index in [4.69, 9.17) is 9.84 Å². The third kappa shape index (κ3) is 4.22. The van der Waals surface area contributed by atoms with Crippen molar-refractivity contribution in [2.45, 2.75) is 46.3 Å². The van der Waals surface area contributed by atoms with Gasteiger partial charge in [-0.3, -0.25) is 9.59 Å². The van der Waals surface area contributed by atoms with Crippen molar-refractivity contribution in [1.29, 1.82) is 0 Å². The summed E-state index contributed by atoms with van der Waals surface area (Å²) in [6.45, 7) is 6.70. The van der Waals surface area contributed by atoms with Gasteiger partial charge in [-0.15, -0.1) is 0 Å². The topological polar surface area (TPSA) is 85.6 Å². The van der Waals surface area contributed by atoms with Crippen LogP contribution in [-0.4, -0.2) is 27.2 Å². The molecule has 20 heavy (non-hydrogen) atoms. The molecule has 1 aromatic rings. The van der Waals surface area contributed by atoms with Crippen LogP contribution in [0.15, 0.2) is 17.1 Å². The quantitative estimate of drug-likeness (QED) is 0.844. The number of carbonyl (C=O) groups is 2. The van der Waals surface area contributed by atoms with E-state index in [-0.39, 0.29) is 12.1 Å². The van der Waals surface area contributed by atoms with Crippen molar-refractivity contribution in [1.82, 2.24) is 4.57 Å². The van der Waals surface area contributed by atoms with Crippen LogP contribution in [0.2, 0.25) is 0 Å². The Hall–Kier alpha value is -2.11. The normalized spacial score (nSPS) is 11.2. The molecule has 0 aliphatic heterocycles. The van der Waals surface area contributed by atoms with E-state index in [0.29, 0.717) is 12.0 Å². The first-order valence-electron chi connectivity index (χ1n) is 6.32. The first-order valence-corrected chi connectivity index (χ1v) is 6.32. The molecule has 0 aromatic carbocycles. The van der Waals surface area contributed by atoms with Gasteiger partial charge < -0.3 is 14.4 Å². The Morgan fingerprint density at radius 2 is 1.95 bits per heavy atom. The summed E-state index contributed by atoms with van der Waals surface area (Å²) in [5, 5.41) is 9.00. The highest BCUT2D eigenvalue weighted by atomic mass is 16.6. The Balaban J connectivity index is 3.12. The molecule has 0 aliphatic rings. The van der Waals surface area contributed by atoms with E-state index in [0.717, 1.165) is 4.57 Å². The van der Waals surface area contributed by atoms with Gasteiger partial charge in [-0.2, -0.15) is 0 Å². The fourth-order valence-electron chi connectivity index (χ4n) is 1.67. The van der Waals surface area contributed by atoms with Gasteiger partial charge in [0.1, 0.15) is 17.7 Å². The van der Waals surface area contributed by atoms with Crippen molar-refractivity contribution < 1.29 is 19.4 Å². The Morgan fingerprint density at radius 1 is 1.35 bits per heavy atom. The molecule has 110 valence electrons. The monoisotopic (exact) mass is 281 g/mol. The van der Waals surface area contributed by atoms with Gasteiger partial charge in [0, 0.05) is 6.20 Å². The highest BCUT2D eigenvalue weighted by Crippen LogP contribution is 2.08. The van der Waals surface area contributed by atoms with Gasteiger partial charge in [-0.05, 0) is 38.8 Å². The number of aromatic nitrogens is 1. The highest BCUT2D eigenvalue weighted by Gasteiger charge is 2.19. The lowest BCUT2D eigenvalue weighted by molar-refractivity contribution is -0.155. The summed E-state index contributed by atoms with van der Waals surface area (Å²) in [6.07, 6.45) is 2.05. The Labute approximate surface area is 117 Å². The first kappa shape index (κ1) is 15.9. The van der Waals surface area contributed by atoms with Gasteiger partial charge in [-0.25, -0.2) is 4.79 Å². The predicted molar refractivity (Wildman–Crippen MR) is 72.9 cm³/mol. The molecule has 0 unspecified atom stereocenters. The molecule has 1 N–H and O–H groups in total. The number of rotatable bonds is 4. The summed E-state index contributed by atoms with van der Waals surface area (Å²) < 4.78 is 6.20. The number of nitrogens with zero attached hydrogens (tertiary/aromatic N) is 1. The van der Waals surface area contributed by atoms with Crippen LogP contribution in [0.5, 0.6) is 0 Å². The lowest BCUT2D eigenvalue weighted by Gasteiger charge is -2.20. The first-order chi connectivity index (χ1) is 9.14. The summed E-state index contributed by atoms with van der Waals surface area (Å²) in [4.78, 5) is 34.7. The molecule has 1 rings (SSSR count). The molecule has 0 saturated heterocycles. The Bertz CT molecular complexity index is 580. The minimum absolute atomic E-state index is 0.301. The minimum atomic E-state index is -1.30. The highest BCUT2D eigenvalue weighted by molar-refractivity contribution is 5.87. The molecule has 0 spiro atoms. The van der Waals surface area contributed by atoms with Crippen LogP contribution < -0.4 is 5.56 Å². The zero-order chi connectivity index (χ0) is 15.5. The third-order valence-electron chi connectivity index (χ3n) is 2.50. The SMILES string of the molecule is CCc1cc(C(=O)O)c(=O)n(CC(=O)OC(C)(C)C)c1. The van der Waals surface area contributed by atoms with E-state index in [1.807, 2.05) is 6.92 Å². The number of carboxylic acid groups (broad SMARTS) is 1. The van der Waals surface area contributed by atoms with Crippen molar-refractivity contribution in [2.75, 3.05) is 0 Å². The van der Waals surface area contributed by atoms with E-state index in [2.05, 4.69) is 0 Å². The van der Waals surface area contributed by atoms with Gasteiger partial charge in [0.25, 0.3) is 5.56 Å². The minimum Gasteiger partial charge on any atom is -0.477 e. The van der Waals surface area contributed by atoms with E-state index in [9.17, 15) is 14.4 Å². The lowest BCUT2D eigenvalue weighted by atomic mass is 10.1. The number of aromatic carboxylic acids is 1. The van der Waals surface area contributed by atoms with Crippen molar-refractivity contribution in [2.24, 2.45) is 0 Å². The second kappa shape index (κ2) is 5.90. The molecule has 1 aromatic heterocycles. The van der Waals surface area contributed by atoms with Crippen molar-refractivity contribution in [3.63, 3.8) is 0 Å². The average molecular weight is 281 g/mol.